The standard InChI is InChI=1S/C24H28O6/c1-13-5-7-17(9-15(13)3)11-19(25)21(27)23(29)24(30)22(28)20(26)12-18-8-6-14(2)16(4)10-18/h5-12,21,23-27,29-30H,1-4H3/t21-,23+,24+/m1/s1. The first-order valence-corrected chi connectivity index (χ1v) is 9.55. The zero-order valence-electron chi connectivity index (χ0n) is 17.5. The number of ketones is 1. The SMILES string of the molecule is Cc1ccc(C=C(O)C(=O)[C@H](O)[C@@H](O)[C@H](O)C(O)=Cc2ccc(C)c(C)c2)cc1C. The second-order valence-electron chi connectivity index (χ2n) is 7.53. The molecule has 6 nitrogen and oxygen atoms in total. The third-order valence-electron chi connectivity index (χ3n) is 5.15. The molecule has 0 heterocycles. The van der Waals surface area contributed by atoms with Gasteiger partial charge in [0, 0.05) is 0 Å². The van der Waals surface area contributed by atoms with Crippen LogP contribution in [-0.4, -0.2) is 49.6 Å². The van der Waals surface area contributed by atoms with Gasteiger partial charge in [0.2, 0.25) is 5.78 Å². The van der Waals surface area contributed by atoms with Crippen molar-refractivity contribution in [3.63, 3.8) is 0 Å². The summed E-state index contributed by atoms with van der Waals surface area (Å²) < 4.78 is 0. The van der Waals surface area contributed by atoms with Crippen molar-refractivity contribution in [2.24, 2.45) is 0 Å². The van der Waals surface area contributed by atoms with Gasteiger partial charge in [-0.1, -0.05) is 36.4 Å². The highest BCUT2D eigenvalue weighted by Crippen LogP contribution is 2.18. The Morgan fingerprint density at radius 3 is 1.67 bits per heavy atom. The van der Waals surface area contributed by atoms with Gasteiger partial charge in [-0.2, -0.15) is 0 Å². The maximum absolute atomic E-state index is 12.3. The summed E-state index contributed by atoms with van der Waals surface area (Å²) in [6.45, 7) is 7.63. The van der Waals surface area contributed by atoms with Crippen LogP contribution in [0.2, 0.25) is 0 Å². The lowest BCUT2D eigenvalue weighted by atomic mass is 9.99. The second kappa shape index (κ2) is 9.71. The molecule has 0 bridgehead atoms. The molecule has 0 unspecified atom stereocenters. The first-order valence-electron chi connectivity index (χ1n) is 9.55. The predicted octanol–water partition coefficient (Wildman–Crippen LogP) is 3.07. The van der Waals surface area contributed by atoms with Crippen molar-refractivity contribution >= 4 is 17.9 Å². The van der Waals surface area contributed by atoms with Crippen molar-refractivity contribution in [1.29, 1.82) is 0 Å². The van der Waals surface area contributed by atoms with Crippen LogP contribution in [0.3, 0.4) is 0 Å². The van der Waals surface area contributed by atoms with Gasteiger partial charge in [0.1, 0.15) is 24.1 Å². The van der Waals surface area contributed by atoms with E-state index < -0.39 is 35.6 Å². The van der Waals surface area contributed by atoms with Gasteiger partial charge in [0.15, 0.2) is 5.76 Å². The highest BCUT2D eigenvalue weighted by molar-refractivity contribution is 6.00. The number of benzene rings is 2. The summed E-state index contributed by atoms with van der Waals surface area (Å²) in [5.74, 6) is -2.55. The quantitative estimate of drug-likeness (QED) is 0.352. The van der Waals surface area contributed by atoms with Gasteiger partial charge in [-0.25, -0.2) is 0 Å². The van der Waals surface area contributed by atoms with Gasteiger partial charge < -0.3 is 25.5 Å². The maximum atomic E-state index is 12.3. The molecule has 0 radical (unpaired) electrons. The molecule has 0 amide bonds. The molecule has 3 atom stereocenters. The minimum absolute atomic E-state index is 0.545. The Hall–Kier alpha value is -2.93. The van der Waals surface area contributed by atoms with Crippen LogP contribution in [0.5, 0.6) is 0 Å². The third kappa shape index (κ3) is 5.57. The van der Waals surface area contributed by atoms with Crippen molar-refractivity contribution in [3.05, 3.63) is 81.3 Å². The van der Waals surface area contributed by atoms with Gasteiger partial charge in [-0.15, -0.1) is 0 Å². The monoisotopic (exact) mass is 412 g/mol. The van der Waals surface area contributed by atoms with Gasteiger partial charge in [0.25, 0.3) is 0 Å². The maximum Gasteiger partial charge on any atom is 0.228 e. The predicted molar refractivity (Wildman–Crippen MR) is 116 cm³/mol. The van der Waals surface area contributed by atoms with Crippen LogP contribution in [0, 0.1) is 27.7 Å². The number of carbonyl (C=O) groups is 1. The highest BCUT2D eigenvalue weighted by Gasteiger charge is 2.34. The van der Waals surface area contributed by atoms with Crippen molar-refractivity contribution in [1.82, 2.24) is 0 Å². The van der Waals surface area contributed by atoms with Gasteiger partial charge in [-0.05, 0) is 73.2 Å². The molecule has 0 saturated heterocycles. The van der Waals surface area contributed by atoms with E-state index in [4.69, 9.17) is 0 Å². The molecular formula is C24H28O6. The average molecular weight is 412 g/mol. The number of rotatable bonds is 7. The molecule has 30 heavy (non-hydrogen) atoms. The Kier molecular flexibility index (Phi) is 7.56. The van der Waals surface area contributed by atoms with E-state index in [9.17, 15) is 30.3 Å². The van der Waals surface area contributed by atoms with E-state index in [1.807, 2.05) is 39.8 Å². The summed E-state index contributed by atoms with van der Waals surface area (Å²) in [4.78, 5) is 12.3. The molecule has 5 N–H and O–H groups in total. The summed E-state index contributed by atoms with van der Waals surface area (Å²) in [5, 5.41) is 50.5. The van der Waals surface area contributed by atoms with Crippen LogP contribution in [0.4, 0.5) is 0 Å². The molecule has 0 aliphatic carbocycles. The molecule has 0 aliphatic heterocycles. The van der Waals surface area contributed by atoms with E-state index in [2.05, 4.69) is 0 Å². The number of aryl methyl sites for hydroxylation is 4. The van der Waals surface area contributed by atoms with E-state index in [1.54, 1.807) is 24.3 Å². The largest absolute Gasteiger partial charge is 0.509 e. The summed E-state index contributed by atoms with van der Waals surface area (Å²) >= 11 is 0. The van der Waals surface area contributed by atoms with Crippen molar-refractivity contribution in [2.75, 3.05) is 0 Å². The van der Waals surface area contributed by atoms with Crippen LogP contribution in [-0.2, 0) is 4.79 Å². The molecule has 0 aliphatic rings. The van der Waals surface area contributed by atoms with E-state index in [1.165, 1.54) is 12.2 Å². The number of carbonyl (C=O) groups excluding carboxylic acids is 1. The fourth-order valence-electron chi connectivity index (χ4n) is 2.85. The Morgan fingerprint density at radius 1 is 0.733 bits per heavy atom. The lowest BCUT2D eigenvalue weighted by molar-refractivity contribution is -0.136. The lowest BCUT2D eigenvalue weighted by Crippen LogP contribution is -2.43. The third-order valence-corrected chi connectivity index (χ3v) is 5.15. The smallest absolute Gasteiger partial charge is 0.228 e. The minimum Gasteiger partial charge on any atom is -0.509 e. The summed E-state index contributed by atoms with van der Waals surface area (Å²) in [7, 11) is 0. The Labute approximate surface area is 176 Å². The van der Waals surface area contributed by atoms with Crippen LogP contribution in [0.15, 0.2) is 47.9 Å². The lowest BCUT2D eigenvalue weighted by Gasteiger charge is -2.21. The topological polar surface area (TPSA) is 118 Å². The first-order chi connectivity index (χ1) is 14.0. The van der Waals surface area contributed by atoms with Gasteiger partial charge in [0.05, 0.1) is 0 Å². The first kappa shape index (κ1) is 23.3. The van der Waals surface area contributed by atoms with Crippen LogP contribution >= 0.6 is 0 Å². The van der Waals surface area contributed by atoms with E-state index in [0.717, 1.165) is 22.3 Å². The molecule has 0 saturated carbocycles. The van der Waals surface area contributed by atoms with Gasteiger partial charge in [-0.3, -0.25) is 4.79 Å². The number of hydrogen-bond acceptors (Lipinski definition) is 6. The van der Waals surface area contributed by atoms with Crippen molar-refractivity contribution in [3.8, 4) is 0 Å². The summed E-state index contributed by atoms with van der Waals surface area (Å²) in [6.07, 6.45) is -3.67. The molecule has 160 valence electrons. The minimum atomic E-state index is -2.13. The van der Waals surface area contributed by atoms with Gasteiger partial charge >= 0.3 is 0 Å². The number of aliphatic hydroxyl groups excluding tert-OH is 5. The highest BCUT2D eigenvalue weighted by atomic mass is 16.4. The average Bonchev–Trinajstić information content (AvgIpc) is 2.71. The Morgan fingerprint density at radius 2 is 1.20 bits per heavy atom. The number of Topliss-reactive ketones (excluding diaryl/α,β-unsaturated/α-hetero) is 1. The zero-order chi connectivity index (χ0) is 22.6. The molecule has 0 spiro atoms. The molecule has 6 heteroatoms. The van der Waals surface area contributed by atoms with Crippen LogP contribution in [0.1, 0.15) is 33.4 Å². The zero-order valence-corrected chi connectivity index (χ0v) is 17.5. The molecule has 2 rings (SSSR count). The Bertz CT molecular complexity index is 989. The molecule has 0 aromatic heterocycles. The normalized spacial score (nSPS) is 15.6. The van der Waals surface area contributed by atoms with Crippen LogP contribution in [0.25, 0.3) is 12.2 Å². The van der Waals surface area contributed by atoms with E-state index in [0.29, 0.717) is 11.1 Å². The Balaban J connectivity index is 2.15. The van der Waals surface area contributed by atoms with E-state index >= 15 is 0 Å². The second-order valence-corrected chi connectivity index (χ2v) is 7.53. The van der Waals surface area contributed by atoms with Crippen molar-refractivity contribution in [2.45, 2.75) is 46.0 Å². The summed E-state index contributed by atoms with van der Waals surface area (Å²) in [5.41, 5.74) is 5.16. The fraction of sp³-hybridized carbons (Fsp3) is 0.292. The van der Waals surface area contributed by atoms with Crippen molar-refractivity contribution < 1.29 is 30.3 Å². The molecule has 2 aromatic carbocycles. The summed E-state index contributed by atoms with van der Waals surface area (Å²) in [6, 6.07) is 10.6. The molecule has 2 aromatic rings. The van der Waals surface area contributed by atoms with Crippen LogP contribution < -0.4 is 0 Å². The van der Waals surface area contributed by atoms with E-state index in [-0.39, 0.29) is 0 Å². The number of aliphatic hydroxyl groups is 5. The molecular weight excluding hydrogens is 384 g/mol. The fourth-order valence-corrected chi connectivity index (χ4v) is 2.85. The number of hydrogen-bond donors (Lipinski definition) is 5. The molecule has 0 fully saturated rings.